The molecular weight excluding hydrogens is 336 g/mol. The maximum atomic E-state index is 12.4. The van der Waals surface area contributed by atoms with Crippen molar-refractivity contribution < 1.29 is 9.53 Å². The summed E-state index contributed by atoms with van der Waals surface area (Å²) < 4.78 is 6.89. The van der Waals surface area contributed by atoms with Crippen LogP contribution >= 0.6 is 11.3 Å². The van der Waals surface area contributed by atoms with Crippen molar-refractivity contribution in [3.63, 3.8) is 0 Å². The summed E-state index contributed by atoms with van der Waals surface area (Å²) in [7, 11) is 1.63. The highest BCUT2D eigenvalue weighted by molar-refractivity contribution is 7.14. The molecule has 25 heavy (non-hydrogen) atoms. The number of amides is 1. The highest BCUT2D eigenvalue weighted by Crippen LogP contribution is 2.27. The zero-order valence-electron chi connectivity index (χ0n) is 13.3. The SMILES string of the molecule is COc1cccc(-c2csc(NC(=O)c3cc4ccccn4n3)n2)c1. The van der Waals surface area contributed by atoms with Gasteiger partial charge in [0.25, 0.3) is 5.91 Å². The van der Waals surface area contributed by atoms with E-state index in [0.717, 1.165) is 22.5 Å². The molecule has 0 aliphatic heterocycles. The van der Waals surface area contributed by atoms with E-state index in [4.69, 9.17) is 4.74 Å². The molecule has 0 aliphatic carbocycles. The monoisotopic (exact) mass is 350 g/mol. The molecule has 0 spiro atoms. The van der Waals surface area contributed by atoms with Gasteiger partial charge >= 0.3 is 0 Å². The number of anilines is 1. The summed E-state index contributed by atoms with van der Waals surface area (Å²) in [6.45, 7) is 0. The van der Waals surface area contributed by atoms with Gasteiger partial charge in [0.2, 0.25) is 0 Å². The number of fused-ring (bicyclic) bond motifs is 1. The van der Waals surface area contributed by atoms with Crippen molar-refractivity contribution in [3.05, 3.63) is 65.8 Å². The third-order valence-corrected chi connectivity index (χ3v) is 4.45. The van der Waals surface area contributed by atoms with Gasteiger partial charge in [-0.1, -0.05) is 18.2 Å². The van der Waals surface area contributed by atoms with E-state index >= 15 is 0 Å². The fraction of sp³-hybridized carbons (Fsp3) is 0.0556. The standard InChI is InChI=1S/C18H14N4O2S/c1-24-14-7-4-5-12(9-14)16-11-25-18(19-16)20-17(23)15-10-13-6-2-3-8-22(13)21-15/h2-11H,1H3,(H,19,20,23). The first-order chi connectivity index (χ1) is 12.2. The van der Waals surface area contributed by atoms with E-state index < -0.39 is 0 Å². The van der Waals surface area contributed by atoms with E-state index in [2.05, 4.69) is 15.4 Å². The van der Waals surface area contributed by atoms with Gasteiger partial charge in [0, 0.05) is 17.1 Å². The lowest BCUT2D eigenvalue weighted by Crippen LogP contribution is -2.12. The Balaban J connectivity index is 1.55. The molecule has 3 heterocycles. The minimum atomic E-state index is -0.282. The zero-order valence-corrected chi connectivity index (χ0v) is 14.2. The largest absolute Gasteiger partial charge is 0.497 e. The molecule has 7 heteroatoms. The Morgan fingerprint density at radius 1 is 1.20 bits per heavy atom. The van der Waals surface area contributed by atoms with E-state index in [1.807, 2.05) is 47.8 Å². The summed E-state index contributed by atoms with van der Waals surface area (Å²) in [6.07, 6.45) is 1.80. The molecule has 0 radical (unpaired) electrons. The van der Waals surface area contributed by atoms with Crippen LogP contribution in [0.4, 0.5) is 5.13 Å². The Morgan fingerprint density at radius 2 is 2.12 bits per heavy atom. The number of carbonyl (C=O) groups is 1. The van der Waals surface area contributed by atoms with Gasteiger partial charge < -0.3 is 4.74 Å². The van der Waals surface area contributed by atoms with Crippen LogP contribution in [0.3, 0.4) is 0 Å². The van der Waals surface area contributed by atoms with E-state index in [9.17, 15) is 4.79 Å². The van der Waals surface area contributed by atoms with Crippen molar-refractivity contribution in [3.8, 4) is 17.0 Å². The van der Waals surface area contributed by atoms with Gasteiger partial charge in [0.1, 0.15) is 5.75 Å². The molecule has 0 bridgehead atoms. The van der Waals surface area contributed by atoms with Gasteiger partial charge in [-0.3, -0.25) is 10.1 Å². The second kappa shape index (κ2) is 6.37. The molecule has 1 amide bonds. The van der Waals surface area contributed by atoms with E-state index in [1.54, 1.807) is 23.9 Å². The number of carbonyl (C=O) groups excluding carboxylic acids is 1. The summed E-state index contributed by atoms with van der Waals surface area (Å²) in [5, 5.41) is 9.49. The van der Waals surface area contributed by atoms with Crippen molar-refractivity contribution in [1.29, 1.82) is 0 Å². The smallest absolute Gasteiger partial charge is 0.277 e. The van der Waals surface area contributed by atoms with Gasteiger partial charge in [-0.15, -0.1) is 11.3 Å². The fourth-order valence-corrected chi connectivity index (χ4v) is 3.17. The summed E-state index contributed by atoms with van der Waals surface area (Å²) in [6, 6.07) is 15.0. The average Bonchev–Trinajstić information content (AvgIpc) is 3.28. The maximum Gasteiger partial charge on any atom is 0.277 e. The second-order valence-electron chi connectivity index (χ2n) is 5.32. The third kappa shape index (κ3) is 3.09. The lowest BCUT2D eigenvalue weighted by Gasteiger charge is -2.01. The molecule has 0 fully saturated rings. The lowest BCUT2D eigenvalue weighted by molar-refractivity contribution is 0.102. The fourth-order valence-electron chi connectivity index (χ4n) is 2.46. The van der Waals surface area contributed by atoms with Gasteiger partial charge in [-0.05, 0) is 30.3 Å². The number of rotatable bonds is 4. The number of aromatic nitrogens is 3. The highest BCUT2D eigenvalue weighted by atomic mass is 32.1. The summed E-state index contributed by atoms with van der Waals surface area (Å²) >= 11 is 1.37. The number of ether oxygens (including phenoxy) is 1. The van der Waals surface area contributed by atoms with Crippen molar-refractivity contribution >= 4 is 27.9 Å². The Labute approximate surface area is 147 Å². The van der Waals surface area contributed by atoms with Crippen LogP contribution in [0.15, 0.2) is 60.1 Å². The molecular formula is C18H14N4O2S. The number of benzene rings is 1. The lowest BCUT2D eigenvalue weighted by atomic mass is 10.2. The van der Waals surface area contributed by atoms with Crippen molar-refractivity contribution in [1.82, 2.24) is 14.6 Å². The Kier molecular flexibility index (Phi) is 3.91. The number of hydrogen-bond acceptors (Lipinski definition) is 5. The normalized spacial score (nSPS) is 10.8. The van der Waals surface area contributed by atoms with Crippen LogP contribution in [0.5, 0.6) is 5.75 Å². The summed E-state index contributed by atoms with van der Waals surface area (Å²) in [4.78, 5) is 16.9. The van der Waals surface area contributed by atoms with Crippen molar-refractivity contribution in [2.75, 3.05) is 12.4 Å². The van der Waals surface area contributed by atoms with Gasteiger partial charge in [-0.25, -0.2) is 9.50 Å². The van der Waals surface area contributed by atoms with Crippen LogP contribution in [0.2, 0.25) is 0 Å². The molecule has 1 N–H and O–H groups in total. The second-order valence-corrected chi connectivity index (χ2v) is 6.18. The minimum absolute atomic E-state index is 0.282. The molecule has 0 saturated heterocycles. The topological polar surface area (TPSA) is 68.5 Å². The summed E-state index contributed by atoms with van der Waals surface area (Å²) in [5.41, 5.74) is 2.94. The highest BCUT2D eigenvalue weighted by Gasteiger charge is 2.13. The van der Waals surface area contributed by atoms with E-state index in [1.165, 1.54) is 11.3 Å². The van der Waals surface area contributed by atoms with Gasteiger partial charge in [0.15, 0.2) is 10.8 Å². The van der Waals surface area contributed by atoms with Crippen LogP contribution in [0.1, 0.15) is 10.5 Å². The van der Waals surface area contributed by atoms with Crippen LogP contribution < -0.4 is 10.1 Å². The first kappa shape index (κ1) is 15.3. The molecule has 0 unspecified atom stereocenters. The number of pyridine rings is 1. The van der Waals surface area contributed by atoms with Crippen molar-refractivity contribution in [2.24, 2.45) is 0 Å². The molecule has 3 aromatic heterocycles. The molecule has 6 nitrogen and oxygen atoms in total. The number of nitrogens with one attached hydrogen (secondary N) is 1. The average molecular weight is 350 g/mol. The Morgan fingerprint density at radius 3 is 2.96 bits per heavy atom. The Bertz CT molecular complexity index is 1020. The predicted octanol–water partition coefficient (Wildman–Crippen LogP) is 3.72. The van der Waals surface area contributed by atoms with E-state index in [0.29, 0.717) is 10.8 Å². The van der Waals surface area contributed by atoms with Crippen LogP contribution in [0, 0.1) is 0 Å². The zero-order chi connectivity index (χ0) is 17.2. The molecule has 0 saturated carbocycles. The first-order valence-corrected chi connectivity index (χ1v) is 8.46. The molecule has 124 valence electrons. The third-order valence-electron chi connectivity index (χ3n) is 3.69. The molecule has 0 atom stereocenters. The summed E-state index contributed by atoms with van der Waals surface area (Å²) in [5.74, 6) is 0.482. The maximum absolute atomic E-state index is 12.4. The van der Waals surface area contributed by atoms with Crippen LogP contribution in [-0.4, -0.2) is 27.6 Å². The number of hydrogen-bond donors (Lipinski definition) is 1. The number of methoxy groups -OCH3 is 1. The molecule has 0 aliphatic rings. The molecule has 4 aromatic rings. The van der Waals surface area contributed by atoms with Gasteiger partial charge in [0.05, 0.1) is 18.3 Å². The Hall–Kier alpha value is -3.19. The van der Waals surface area contributed by atoms with E-state index in [-0.39, 0.29) is 5.91 Å². The number of thiazole rings is 1. The minimum Gasteiger partial charge on any atom is -0.497 e. The van der Waals surface area contributed by atoms with Gasteiger partial charge in [-0.2, -0.15) is 5.10 Å². The molecule has 4 rings (SSSR count). The van der Waals surface area contributed by atoms with Crippen molar-refractivity contribution in [2.45, 2.75) is 0 Å². The first-order valence-electron chi connectivity index (χ1n) is 7.59. The number of nitrogens with zero attached hydrogens (tertiary/aromatic N) is 3. The van der Waals surface area contributed by atoms with Crippen LogP contribution in [-0.2, 0) is 0 Å². The molecule has 1 aromatic carbocycles. The predicted molar refractivity (Wildman–Crippen MR) is 97.2 cm³/mol. The quantitative estimate of drug-likeness (QED) is 0.609. The van der Waals surface area contributed by atoms with Crippen LogP contribution in [0.25, 0.3) is 16.8 Å².